The molecule has 4 heteroatoms. The summed E-state index contributed by atoms with van der Waals surface area (Å²) < 4.78 is 25.7. The summed E-state index contributed by atoms with van der Waals surface area (Å²) in [5.41, 5.74) is 2.76. The van der Waals surface area contributed by atoms with Crippen molar-refractivity contribution in [3.63, 3.8) is 0 Å². The summed E-state index contributed by atoms with van der Waals surface area (Å²) in [6.45, 7) is 9.03. The molecule has 6 unspecified atom stereocenters. The summed E-state index contributed by atoms with van der Waals surface area (Å²) in [5, 5.41) is 0. The third-order valence-corrected chi connectivity index (χ3v) is 10.0. The van der Waals surface area contributed by atoms with E-state index in [2.05, 4.69) is 76.2 Å². The maximum absolute atomic E-state index is 6.55. The zero-order chi connectivity index (χ0) is 27.9. The van der Waals surface area contributed by atoms with E-state index in [-0.39, 0.29) is 12.6 Å². The maximum Gasteiger partial charge on any atom is 0.200 e. The van der Waals surface area contributed by atoms with Gasteiger partial charge in [0.15, 0.2) is 12.6 Å². The van der Waals surface area contributed by atoms with Gasteiger partial charge in [-0.05, 0) is 123 Å². The fourth-order valence-electron chi connectivity index (χ4n) is 6.91. The number of ether oxygens (including phenoxy) is 4. The van der Waals surface area contributed by atoms with Gasteiger partial charge in [0, 0.05) is 12.8 Å². The Morgan fingerprint density at radius 3 is 1.30 bits per heavy atom. The highest BCUT2D eigenvalue weighted by Crippen LogP contribution is 2.40. The van der Waals surface area contributed by atoms with Crippen molar-refractivity contribution in [1.29, 1.82) is 0 Å². The van der Waals surface area contributed by atoms with Crippen LogP contribution in [0.15, 0.2) is 48.5 Å². The molecule has 2 heterocycles. The lowest BCUT2D eigenvalue weighted by molar-refractivity contribution is -0.180. The summed E-state index contributed by atoms with van der Waals surface area (Å²) in [7, 11) is 0. The highest BCUT2D eigenvalue weighted by molar-refractivity contribution is 5.30. The second kappa shape index (κ2) is 14.2. The minimum absolute atomic E-state index is 0.121. The molecule has 3 aliphatic rings. The molecule has 0 aromatic heterocycles. The van der Waals surface area contributed by atoms with Crippen LogP contribution in [0.4, 0.5) is 0 Å². The van der Waals surface area contributed by atoms with Crippen LogP contribution in [0.3, 0.4) is 0 Å². The molecule has 5 rings (SSSR count). The lowest BCUT2D eigenvalue weighted by Gasteiger charge is -2.41. The second-order valence-electron chi connectivity index (χ2n) is 12.7. The molecule has 6 atom stereocenters. The Hall–Kier alpha value is -2.04. The van der Waals surface area contributed by atoms with Gasteiger partial charge in [-0.1, -0.05) is 52.0 Å². The summed E-state index contributed by atoms with van der Waals surface area (Å²) in [6, 6.07) is 17.3. The molecule has 2 aromatic rings. The van der Waals surface area contributed by atoms with E-state index in [0.29, 0.717) is 35.9 Å². The van der Waals surface area contributed by atoms with Crippen molar-refractivity contribution in [1.82, 2.24) is 0 Å². The van der Waals surface area contributed by atoms with E-state index in [9.17, 15) is 0 Å². The van der Waals surface area contributed by atoms with Crippen molar-refractivity contribution in [3.05, 3.63) is 59.7 Å². The standard InChI is InChI=1S/C36H52O4/c1-5-25(3)27-17-21-31(22-18-27)37-35-11-7-9-33(39-35)29-13-15-30(16-14-29)34-10-8-12-36(40-34)38-32-23-19-28(20-24-32)26(4)6-2/h17-26,29-30,33-36H,5-16H2,1-4H3. The van der Waals surface area contributed by atoms with Crippen molar-refractivity contribution < 1.29 is 18.9 Å². The Morgan fingerprint density at radius 1 is 0.575 bits per heavy atom. The number of benzene rings is 2. The Bertz CT molecular complexity index is 927. The number of hydrogen-bond acceptors (Lipinski definition) is 4. The van der Waals surface area contributed by atoms with E-state index in [1.165, 1.54) is 49.7 Å². The first-order valence-corrected chi connectivity index (χ1v) is 16.4. The highest BCUT2D eigenvalue weighted by atomic mass is 16.7. The third kappa shape index (κ3) is 7.62. The average Bonchev–Trinajstić information content (AvgIpc) is 3.01. The molecule has 2 aliphatic heterocycles. The fraction of sp³-hybridized carbons (Fsp3) is 0.667. The Balaban J connectivity index is 1.07. The van der Waals surface area contributed by atoms with Gasteiger partial charge in [-0.25, -0.2) is 0 Å². The zero-order valence-corrected chi connectivity index (χ0v) is 25.4. The number of hydrogen-bond donors (Lipinski definition) is 0. The van der Waals surface area contributed by atoms with Gasteiger partial charge in [0.25, 0.3) is 0 Å². The van der Waals surface area contributed by atoms with Gasteiger partial charge < -0.3 is 18.9 Å². The molecule has 2 aromatic carbocycles. The van der Waals surface area contributed by atoms with Crippen LogP contribution in [-0.2, 0) is 9.47 Å². The fourth-order valence-corrected chi connectivity index (χ4v) is 6.91. The van der Waals surface area contributed by atoms with Gasteiger partial charge in [-0.3, -0.25) is 0 Å². The maximum atomic E-state index is 6.55. The minimum atomic E-state index is -0.121. The lowest BCUT2D eigenvalue weighted by Crippen LogP contribution is -2.41. The molecule has 1 saturated carbocycles. The molecule has 3 fully saturated rings. The van der Waals surface area contributed by atoms with Crippen molar-refractivity contribution in [2.24, 2.45) is 11.8 Å². The highest BCUT2D eigenvalue weighted by Gasteiger charge is 2.37. The topological polar surface area (TPSA) is 36.9 Å². The van der Waals surface area contributed by atoms with Crippen LogP contribution in [0.25, 0.3) is 0 Å². The van der Waals surface area contributed by atoms with Crippen LogP contribution in [0.5, 0.6) is 11.5 Å². The summed E-state index contributed by atoms with van der Waals surface area (Å²) in [5.74, 6) is 4.30. The van der Waals surface area contributed by atoms with Gasteiger partial charge >= 0.3 is 0 Å². The first-order chi connectivity index (χ1) is 19.5. The van der Waals surface area contributed by atoms with Crippen LogP contribution in [0.2, 0.25) is 0 Å². The predicted molar refractivity (Wildman–Crippen MR) is 162 cm³/mol. The third-order valence-electron chi connectivity index (χ3n) is 10.0. The average molecular weight is 549 g/mol. The Kier molecular flexibility index (Phi) is 10.5. The summed E-state index contributed by atoms with van der Waals surface area (Å²) >= 11 is 0. The smallest absolute Gasteiger partial charge is 0.200 e. The van der Waals surface area contributed by atoms with Gasteiger partial charge in [-0.2, -0.15) is 0 Å². The molecule has 1 aliphatic carbocycles. The Morgan fingerprint density at radius 2 is 0.950 bits per heavy atom. The molecule has 220 valence electrons. The summed E-state index contributed by atoms with van der Waals surface area (Å²) in [4.78, 5) is 0. The molecule has 0 radical (unpaired) electrons. The van der Waals surface area contributed by atoms with Crippen LogP contribution < -0.4 is 9.47 Å². The van der Waals surface area contributed by atoms with Crippen LogP contribution in [0, 0.1) is 11.8 Å². The van der Waals surface area contributed by atoms with Gasteiger partial charge in [0.1, 0.15) is 11.5 Å². The SMILES string of the molecule is CCC(C)c1ccc(OC2CCCC(C3CCC(C4CCCC(Oc5ccc(C(C)CC)cc5)O4)CC3)O2)cc1. The normalized spacial score (nSPS) is 30.8. The molecule has 0 spiro atoms. The largest absolute Gasteiger partial charge is 0.465 e. The van der Waals surface area contributed by atoms with E-state index in [0.717, 1.165) is 50.0 Å². The number of rotatable bonds is 10. The van der Waals surface area contributed by atoms with Gasteiger partial charge in [-0.15, -0.1) is 0 Å². The second-order valence-corrected chi connectivity index (χ2v) is 12.7. The van der Waals surface area contributed by atoms with E-state index in [1.807, 2.05) is 0 Å². The van der Waals surface area contributed by atoms with Crippen molar-refractivity contribution in [3.8, 4) is 11.5 Å². The first-order valence-electron chi connectivity index (χ1n) is 16.4. The van der Waals surface area contributed by atoms with Crippen molar-refractivity contribution in [2.75, 3.05) is 0 Å². The van der Waals surface area contributed by atoms with Crippen molar-refractivity contribution >= 4 is 0 Å². The quantitative estimate of drug-likeness (QED) is 0.296. The molecule has 4 nitrogen and oxygen atoms in total. The zero-order valence-electron chi connectivity index (χ0n) is 25.4. The monoisotopic (exact) mass is 548 g/mol. The van der Waals surface area contributed by atoms with E-state index in [4.69, 9.17) is 18.9 Å². The molecule has 0 N–H and O–H groups in total. The minimum Gasteiger partial charge on any atom is -0.465 e. The van der Waals surface area contributed by atoms with E-state index < -0.39 is 0 Å². The molecular weight excluding hydrogens is 496 g/mol. The first kappa shape index (κ1) is 29.5. The summed E-state index contributed by atoms with van der Waals surface area (Å²) in [6.07, 6.45) is 14.3. The van der Waals surface area contributed by atoms with E-state index >= 15 is 0 Å². The van der Waals surface area contributed by atoms with Crippen LogP contribution in [0.1, 0.15) is 128 Å². The van der Waals surface area contributed by atoms with Crippen LogP contribution in [-0.4, -0.2) is 24.8 Å². The van der Waals surface area contributed by atoms with Crippen LogP contribution >= 0.6 is 0 Å². The lowest BCUT2D eigenvalue weighted by atomic mass is 9.75. The molecule has 0 amide bonds. The predicted octanol–water partition coefficient (Wildman–Crippen LogP) is 9.77. The van der Waals surface area contributed by atoms with Crippen molar-refractivity contribution in [2.45, 2.75) is 141 Å². The van der Waals surface area contributed by atoms with Gasteiger partial charge in [0.2, 0.25) is 0 Å². The Labute approximate surface area is 243 Å². The van der Waals surface area contributed by atoms with E-state index in [1.54, 1.807) is 0 Å². The molecular formula is C36H52O4. The molecule has 0 bridgehead atoms. The molecule has 2 saturated heterocycles. The molecule has 40 heavy (non-hydrogen) atoms. The van der Waals surface area contributed by atoms with Gasteiger partial charge in [0.05, 0.1) is 12.2 Å².